The number of aromatic amines is 1. The smallest absolute Gasteiger partial charge is 0.150 e. The maximum absolute atomic E-state index is 5.15. The van der Waals surface area contributed by atoms with Crippen LogP contribution in [0.4, 0.5) is 0 Å². The molecule has 2 N–H and O–H groups in total. The van der Waals surface area contributed by atoms with Crippen molar-refractivity contribution in [3.05, 3.63) is 41.5 Å². The van der Waals surface area contributed by atoms with E-state index in [0.717, 1.165) is 31.0 Å². The van der Waals surface area contributed by atoms with Gasteiger partial charge in [0, 0.05) is 25.0 Å². The summed E-state index contributed by atoms with van der Waals surface area (Å²) in [6.45, 7) is 3.62. The van der Waals surface area contributed by atoms with Gasteiger partial charge in [-0.2, -0.15) is 0 Å². The molecule has 0 aliphatic heterocycles. The second-order valence-corrected chi connectivity index (χ2v) is 3.46. The van der Waals surface area contributed by atoms with E-state index in [1.807, 2.05) is 24.5 Å². The minimum atomic E-state index is 0.720. The summed E-state index contributed by atoms with van der Waals surface area (Å²) in [5.74, 6) is 0.891. The summed E-state index contributed by atoms with van der Waals surface area (Å²) in [5, 5.41) is 7.22. The van der Waals surface area contributed by atoms with Gasteiger partial charge in [-0.25, -0.2) is 0 Å². The molecule has 0 saturated carbocycles. The third kappa shape index (κ3) is 2.70. The van der Waals surface area contributed by atoms with Crippen LogP contribution in [0.25, 0.3) is 0 Å². The van der Waals surface area contributed by atoms with Crippen molar-refractivity contribution in [3.63, 3.8) is 0 Å². The minimum Gasteiger partial charge on any atom is -0.367 e. The highest BCUT2D eigenvalue weighted by atomic mass is 16.5. The molecule has 2 aromatic heterocycles. The molecule has 0 unspecified atom stereocenters. The number of hydrogen-bond acceptors (Lipinski definition) is 3. The van der Waals surface area contributed by atoms with Crippen LogP contribution >= 0.6 is 0 Å². The van der Waals surface area contributed by atoms with Gasteiger partial charge in [-0.3, -0.25) is 0 Å². The fraction of sp³-hybridized carbons (Fsp3) is 0.364. The fourth-order valence-electron chi connectivity index (χ4n) is 1.40. The van der Waals surface area contributed by atoms with Crippen LogP contribution in [0, 0.1) is 0 Å². The summed E-state index contributed by atoms with van der Waals surface area (Å²) < 4.78 is 5.15. The molecule has 0 amide bonds. The zero-order valence-corrected chi connectivity index (χ0v) is 8.79. The van der Waals surface area contributed by atoms with Gasteiger partial charge in [-0.15, -0.1) is 0 Å². The SMILES string of the molecule is CCc1cc(CNCc2cc[nH]c2)on1. The van der Waals surface area contributed by atoms with E-state index >= 15 is 0 Å². The van der Waals surface area contributed by atoms with Gasteiger partial charge in [0.2, 0.25) is 0 Å². The minimum absolute atomic E-state index is 0.720. The Morgan fingerprint density at radius 2 is 2.40 bits per heavy atom. The largest absolute Gasteiger partial charge is 0.367 e. The van der Waals surface area contributed by atoms with Crippen LogP contribution < -0.4 is 5.32 Å². The van der Waals surface area contributed by atoms with Gasteiger partial charge < -0.3 is 14.8 Å². The first-order valence-electron chi connectivity index (χ1n) is 5.15. The van der Waals surface area contributed by atoms with Gasteiger partial charge in [0.05, 0.1) is 12.2 Å². The van der Waals surface area contributed by atoms with Crippen molar-refractivity contribution in [1.82, 2.24) is 15.5 Å². The van der Waals surface area contributed by atoms with Gasteiger partial charge in [0.25, 0.3) is 0 Å². The summed E-state index contributed by atoms with van der Waals surface area (Å²) in [5.41, 5.74) is 2.25. The van der Waals surface area contributed by atoms with Crippen molar-refractivity contribution in [2.45, 2.75) is 26.4 Å². The number of aromatic nitrogens is 2. The van der Waals surface area contributed by atoms with E-state index in [2.05, 4.69) is 22.4 Å². The molecule has 0 radical (unpaired) electrons. The quantitative estimate of drug-likeness (QED) is 0.783. The monoisotopic (exact) mass is 205 g/mol. The van der Waals surface area contributed by atoms with Crippen LogP contribution in [0.5, 0.6) is 0 Å². The molecular formula is C11H15N3O. The van der Waals surface area contributed by atoms with Gasteiger partial charge in [0.15, 0.2) is 5.76 Å². The van der Waals surface area contributed by atoms with E-state index in [0.29, 0.717) is 0 Å². The average molecular weight is 205 g/mol. The molecule has 0 aromatic carbocycles. The first kappa shape index (κ1) is 9.98. The number of aryl methyl sites for hydroxylation is 1. The molecule has 4 heteroatoms. The Bertz CT molecular complexity index is 392. The topological polar surface area (TPSA) is 53.9 Å². The fourth-order valence-corrected chi connectivity index (χ4v) is 1.40. The average Bonchev–Trinajstić information content (AvgIpc) is 2.88. The first-order chi connectivity index (χ1) is 7.38. The number of nitrogens with one attached hydrogen (secondary N) is 2. The third-order valence-electron chi connectivity index (χ3n) is 2.26. The molecule has 2 aromatic rings. The Morgan fingerprint density at radius 3 is 3.07 bits per heavy atom. The molecule has 0 bridgehead atoms. The van der Waals surface area contributed by atoms with Crippen LogP contribution in [0.15, 0.2) is 29.0 Å². The predicted molar refractivity (Wildman–Crippen MR) is 57.2 cm³/mol. The van der Waals surface area contributed by atoms with E-state index in [4.69, 9.17) is 4.52 Å². The van der Waals surface area contributed by atoms with Gasteiger partial charge in [-0.05, 0) is 18.1 Å². The lowest BCUT2D eigenvalue weighted by Gasteiger charge is -1.98. The number of H-pyrrole nitrogens is 1. The molecule has 0 saturated heterocycles. The molecule has 15 heavy (non-hydrogen) atoms. The second-order valence-electron chi connectivity index (χ2n) is 3.46. The van der Waals surface area contributed by atoms with E-state index in [1.165, 1.54) is 5.56 Å². The lowest BCUT2D eigenvalue weighted by Crippen LogP contribution is -2.11. The van der Waals surface area contributed by atoms with Crippen molar-refractivity contribution < 1.29 is 4.52 Å². The second kappa shape index (κ2) is 4.79. The van der Waals surface area contributed by atoms with Crippen molar-refractivity contribution in [2.24, 2.45) is 0 Å². The Morgan fingerprint density at radius 1 is 1.47 bits per heavy atom. The molecule has 0 atom stereocenters. The zero-order valence-electron chi connectivity index (χ0n) is 8.79. The molecule has 0 aliphatic rings. The molecule has 0 aliphatic carbocycles. The van der Waals surface area contributed by atoms with Crippen LogP contribution in [0.3, 0.4) is 0 Å². The molecule has 4 nitrogen and oxygen atoms in total. The van der Waals surface area contributed by atoms with Crippen molar-refractivity contribution in [1.29, 1.82) is 0 Å². The highest BCUT2D eigenvalue weighted by molar-refractivity contribution is 5.08. The molecule has 80 valence electrons. The summed E-state index contributed by atoms with van der Waals surface area (Å²) in [4.78, 5) is 3.02. The summed E-state index contributed by atoms with van der Waals surface area (Å²) in [7, 11) is 0. The standard InChI is InChI=1S/C11H15N3O/c1-2-10-5-11(15-14-10)8-13-7-9-3-4-12-6-9/h3-6,12-13H,2,7-8H2,1H3. The number of rotatable bonds is 5. The maximum Gasteiger partial charge on any atom is 0.150 e. The van der Waals surface area contributed by atoms with E-state index in [-0.39, 0.29) is 0 Å². The highest BCUT2D eigenvalue weighted by Gasteiger charge is 2.01. The Hall–Kier alpha value is -1.55. The van der Waals surface area contributed by atoms with Gasteiger partial charge in [-0.1, -0.05) is 12.1 Å². The van der Waals surface area contributed by atoms with Crippen LogP contribution in [0.1, 0.15) is 23.9 Å². The summed E-state index contributed by atoms with van der Waals surface area (Å²) in [6, 6.07) is 4.04. The van der Waals surface area contributed by atoms with Gasteiger partial charge in [0.1, 0.15) is 0 Å². The summed E-state index contributed by atoms with van der Waals surface area (Å²) >= 11 is 0. The summed E-state index contributed by atoms with van der Waals surface area (Å²) in [6.07, 6.45) is 4.81. The number of nitrogens with zero attached hydrogens (tertiary/aromatic N) is 1. The Labute approximate surface area is 88.7 Å². The molecule has 2 heterocycles. The van der Waals surface area contributed by atoms with Crippen molar-refractivity contribution in [2.75, 3.05) is 0 Å². The first-order valence-corrected chi connectivity index (χ1v) is 5.15. The van der Waals surface area contributed by atoms with Crippen LogP contribution in [-0.2, 0) is 19.5 Å². The molecule has 2 rings (SSSR count). The zero-order chi connectivity index (χ0) is 10.5. The van der Waals surface area contributed by atoms with Crippen LogP contribution in [0.2, 0.25) is 0 Å². The molecular weight excluding hydrogens is 190 g/mol. The van der Waals surface area contributed by atoms with E-state index in [1.54, 1.807) is 0 Å². The highest BCUT2D eigenvalue weighted by Crippen LogP contribution is 2.04. The van der Waals surface area contributed by atoms with Crippen LogP contribution in [-0.4, -0.2) is 10.1 Å². The Kier molecular flexibility index (Phi) is 3.19. The normalized spacial score (nSPS) is 10.7. The number of hydrogen-bond donors (Lipinski definition) is 2. The molecule has 0 fully saturated rings. The lowest BCUT2D eigenvalue weighted by atomic mass is 10.3. The van der Waals surface area contributed by atoms with Crippen molar-refractivity contribution in [3.8, 4) is 0 Å². The maximum atomic E-state index is 5.15. The lowest BCUT2D eigenvalue weighted by molar-refractivity contribution is 0.368. The predicted octanol–water partition coefficient (Wildman–Crippen LogP) is 1.85. The molecule has 0 spiro atoms. The van der Waals surface area contributed by atoms with E-state index in [9.17, 15) is 0 Å². The van der Waals surface area contributed by atoms with Crippen molar-refractivity contribution >= 4 is 0 Å². The van der Waals surface area contributed by atoms with Gasteiger partial charge >= 0.3 is 0 Å². The van der Waals surface area contributed by atoms with E-state index < -0.39 is 0 Å². The third-order valence-corrected chi connectivity index (χ3v) is 2.26. The Balaban J connectivity index is 1.78.